The lowest BCUT2D eigenvalue weighted by Gasteiger charge is -2.22. The topological polar surface area (TPSA) is 63.1 Å². The summed E-state index contributed by atoms with van der Waals surface area (Å²) in [6.45, 7) is 1.52. The van der Waals surface area contributed by atoms with Gasteiger partial charge in [0.25, 0.3) is 5.91 Å². The van der Waals surface area contributed by atoms with E-state index in [4.69, 9.17) is 0 Å². The van der Waals surface area contributed by atoms with Crippen molar-refractivity contribution in [2.24, 2.45) is 0 Å². The monoisotopic (exact) mass is 375 g/mol. The molecule has 0 saturated carbocycles. The van der Waals surface area contributed by atoms with Crippen LogP contribution >= 0.6 is 12.4 Å². The Kier molecular flexibility index (Phi) is 5.69. The molecule has 1 aliphatic rings. The Bertz CT molecular complexity index is 743. The molecule has 136 valence electrons. The van der Waals surface area contributed by atoms with Crippen molar-refractivity contribution in [3.63, 3.8) is 0 Å². The number of nitrogens with zero attached hydrogens (tertiary/aromatic N) is 4. The second-order valence-corrected chi connectivity index (χ2v) is 5.63. The molecule has 0 radical (unpaired) electrons. The molecule has 6 nitrogen and oxygen atoms in total. The van der Waals surface area contributed by atoms with Gasteiger partial charge in [0.05, 0.1) is 17.4 Å². The molecule has 0 bridgehead atoms. The van der Waals surface area contributed by atoms with Gasteiger partial charge in [-0.1, -0.05) is 17.3 Å². The van der Waals surface area contributed by atoms with Gasteiger partial charge in [0, 0.05) is 19.6 Å². The van der Waals surface area contributed by atoms with Crippen molar-refractivity contribution in [2.75, 3.05) is 20.1 Å². The Labute approximate surface area is 148 Å². The molecule has 2 aromatic rings. The zero-order valence-corrected chi connectivity index (χ0v) is 14.1. The number of benzene rings is 1. The van der Waals surface area contributed by atoms with Crippen LogP contribution in [0.2, 0.25) is 0 Å². The molecule has 2 heterocycles. The SMILES string of the molecule is CN(C(=O)c1cn(-c2ccccc2C(F)(F)F)nn1)C1CCNC1.Cl. The lowest BCUT2D eigenvalue weighted by Crippen LogP contribution is -2.38. The number of alkyl halides is 3. The number of carbonyl (C=O) groups is 1. The Morgan fingerprint density at radius 2 is 2.08 bits per heavy atom. The summed E-state index contributed by atoms with van der Waals surface area (Å²) in [6, 6.07) is 5.08. The summed E-state index contributed by atoms with van der Waals surface area (Å²) < 4.78 is 40.2. The summed E-state index contributed by atoms with van der Waals surface area (Å²) in [7, 11) is 1.66. The van der Waals surface area contributed by atoms with E-state index < -0.39 is 11.7 Å². The molecule has 10 heteroatoms. The number of halogens is 4. The second kappa shape index (κ2) is 7.40. The van der Waals surface area contributed by atoms with Crippen LogP contribution in [0, 0.1) is 0 Å². The first-order valence-electron chi connectivity index (χ1n) is 7.45. The Morgan fingerprint density at radius 1 is 1.36 bits per heavy atom. The average Bonchev–Trinajstić information content (AvgIpc) is 3.24. The minimum atomic E-state index is -4.51. The molecule has 0 spiro atoms. The van der Waals surface area contributed by atoms with Crippen molar-refractivity contribution < 1.29 is 18.0 Å². The third-order valence-corrected chi connectivity index (χ3v) is 4.07. The number of hydrogen-bond donors (Lipinski definition) is 1. The van der Waals surface area contributed by atoms with Crippen LogP contribution in [0.4, 0.5) is 13.2 Å². The van der Waals surface area contributed by atoms with Gasteiger partial charge in [-0.3, -0.25) is 4.79 Å². The molecule has 1 amide bonds. The van der Waals surface area contributed by atoms with Crippen molar-refractivity contribution in [3.8, 4) is 5.69 Å². The number of likely N-dealkylation sites (N-methyl/N-ethyl adjacent to an activating group) is 1. The molecule has 1 aromatic carbocycles. The average molecular weight is 376 g/mol. The Hall–Kier alpha value is -2.13. The van der Waals surface area contributed by atoms with Gasteiger partial charge < -0.3 is 10.2 Å². The van der Waals surface area contributed by atoms with E-state index in [-0.39, 0.29) is 35.7 Å². The first-order valence-corrected chi connectivity index (χ1v) is 7.45. The van der Waals surface area contributed by atoms with Crippen molar-refractivity contribution in [1.82, 2.24) is 25.2 Å². The third-order valence-electron chi connectivity index (χ3n) is 4.07. The van der Waals surface area contributed by atoms with Gasteiger partial charge >= 0.3 is 6.18 Å². The van der Waals surface area contributed by atoms with Crippen LogP contribution in [0.1, 0.15) is 22.5 Å². The Morgan fingerprint density at radius 3 is 2.72 bits per heavy atom. The first-order chi connectivity index (χ1) is 11.4. The van der Waals surface area contributed by atoms with Crippen LogP contribution < -0.4 is 5.32 Å². The van der Waals surface area contributed by atoms with Gasteiger partial charge in [-0.2, -0.15) is 13.2 Å². The van der Waals surface area contributed by atoms with E-state index in [1.165, 1.54) is 24.4 Å². The van der Waals surface area contributed by atoms with E-state index in [0.29, 0.717) is 6.54 Å². The largest absolute Gasteiger partial charge is 0.418 e. The van der Waals surface area contributed by atoms with E-state index in [1.54, 1.807) is 11.9 Å². The number of hydrogen-bond acceptors (Lipinski definition) is 4. The van der Waals surface area contributed by atoms with Crippen LogP contribution in [0.25, 0.3) is 5.69 Å². The fourth-order valence-electron chi connectivity index (χ4n) is 2.71. The summed E-state index contributed by atoms with van der Waals surface area (Å²) in [5.74, 6) is -0.362. The number of para-hydroxylation sites is 1. The molecule has 3 rings (SSSR count). The van der Waals surface area contributed by atoms with Gasteiger partial charge in [-0.15, -0.1) is 17.5 Å². The van der Waals surface area contributed by atoms with Crippen LogP contribution in [-0.2, 0) is 6.18 Å². The summed E-state index contributed by atoms with van der Waals surface area (Å²) in [4.78, 5) is 14.0. The van der Waals surface area contributed by atoms with Crippen LogP contribution in [0.15, 0.2) is 30.5 Å². The predicted molar refractivity (Wildman–Crippen MR) is 87.0 cm³/mol. The zero-order chi connectivity index (χ0) is 17.3. The highest BCUT2D eigenvalue weighted by Gasteiger charge is 2.34. The highest BCUT2D eigenvalue weighted by Crippen LogP contribution is 2.33. The van der Waals surface area contributed by atoms with E-state index >= 15 is 0 Å². The number of amides is 1. The normalized spacial score (nSPS) is 17.2. The van der Waals surface area contributed by atoms with Crippen LogP contribution in [0.3, 0.4) is 0 Å². The molecule has 1 N–H and O–H groups in total. The van der Waals surface area contributed by atoms with E-state index in [1.807, 2.05) is 0 Å². The molecule has 1 unspecified atom stereocenters. The quantitative estimate of drug-likeness (QED) is 0.892. The summed E-state index contributed by atoms with van der Waals surface area (Å²) >= 11 is 0. The minimum Gasteiger partial charge on any atom is -0.336 e. The highest BCUT2D eigenvalue weighted by molar-refractivity contribution is 5.92. The summed E-state index contributed by atoms with van der Waals surface area (Å²) in [6.07, 6.45) is -2.46. The summed E-state index contributed by atoms with van der Waals surface area (Å²) in [5.41, 5.74) is -0.981. The number of carbonyl (C=O) groups excluding carboxylic acids is 1. The lowest BCUT2D eigenvalue weighted by atomic mass is 10.1. The lowest BCUT2D eigenvalue weighted by molar-refractivity contribution is -0.137. The molecule has 1 fully saturated rings. The van der Waals surface area contributed by atoms with Gasteiger partial charge in [-0.05, 0) is 25.1 Å². The fourth-order valence-corrected chi connectivity index (χ4v) is 2.71. The third kappa shape index (κ3) is 3.93. The summed E-state index contributed by atoms with van der Waals surface area (Å²) in [5, 5.41) is 10.6. The number of rotatable bonds is 3. The van der Waals surface area contributed by atoms with Crippen LogP contribution in [0.5, 0.6) is 0 Å². The number of nitrogens with one attached hydrogen (secondary N) is 1. The standard InChI is InChI=1S/C15H16F3N5O.ClH/c1-22(10-6-7-19-8-10)14(24)12-9-23(21-20-12)13-5-3-2-4-11(13)15(16,17)18;/h2-5,9-10,19H,6-8H2,1H3;1H. The van der Waals surface area contributed by atoms with E-state index in [2.05, 4.69) is 15.6 Å². The molecule has 0 aliphatic carbocycles. The maximum Gasteiger partial charge on any atom is 0.418 e. The molecule has 1 aromatic heterocycles. The zero-order valence-electron chi connectivity index (χ0n) is 13.3. The first kappa shape index (κ1) is 19.2. The smallest absolute Gasteiger partial charge is 0.336 e. The molecule has 1 aliphatic heterocycles. The van der Waals surface area contributed by atoms with Crippen molar-refractivity contribution in [2.45, 2.75) is 18.6 Å². The van der Waals surface area contributed by atoms with Gasteiger partial charge in [0.15, 0.2) is 5.69 Å². The highest BCUT2D eigenvalue weighted by atomic mass is 35.5. The number of aromatic nitrogens is 3. The van der Waals surface area contributed by atoms with Gasteiger partial charge in [0.1, 0.15) is 0 Å². The van der Waals surface area contributed by atoms with Crippen molar-refractivity contribution in [1.29, 1.82) is 0 Å². The molecule has 25 heavy (non-hydrogen) atoms. The van der Waals surface area contributed by atoms with Crippen molar-refractivity contribution >= 4 is 18.3 Å². The second-order valence-electron chi connectivity index (χ2n) is 5.63. The molecular formula is C15H17ClF3N5O. The molecular weight excluding hydrogens is 359 g/mol. The van der Waals surface area contributed by atoms with Gasteiger partial charge in [-0.25, -0.2) is 4.68 Å². The van der Waals surface area contributed by atoms with Crippen LogP contribution in [-0.4, -0.2) is 52.0 Å². The fraction of sp³-hybridized carbons (Fsp3) is 0.400. The maximum atomic E-state index is 13.1. The van der Waals surface area contributed by atoms with E-state index in [0.717, 1.165) is 23.7 Å². The molecule has 1 atom stereocenters. The molecule has 1 saturated heterocycles. The minimum absolute atomic E-state index is 0. The van der Waals surface area contributed by atoms with E-state index in [9.17, 15) is 18.0 Å². The predicted octanol–water partition coefficient (Wildman–Crippen LogP) is 2.14. The maximum absolute atomic E-state index is 13.1. The van der Waals surface area contributed by atoms with Crippen molar-refractivity contribution in [3.05, 3.63) is 41.7 Å². The van der Waals surface area contributed by atoms with Gasteiger partial charge in [0.2, 0.25) is 0 Å². The Balaban J connectivity index is 0.00000225.